The number of ether oxygens (including phenoxy) is 1. The number of aryl methyl sites for hydroxylation is 2. The number of aromatic nitrogens is 6. The molecule has 10 heteroatoms. The van der Waals surface area contributed by atoms with Crippen LogP contribution in [0, 0.1) is 31.3 Å². The van der Waals surface area contributed by atoms with Gasteiger partial charge in [0.2, 0.25) is 0 Å². The fourth-order valence-corrected chi connectivity index (χ4v) is 4.00. The molecule has 2 fully saturated rings. The van der Waals surface area contributed by atoms with Gasteiger partial charge in [0.05, 0.1) is 17.4 Å². The van der Waals surface area contributed by atoms with E-state index in [0.717, 1.165) is 24.9 Å². The van der Waals surface area contributed by atoms with E-state index in [9.17, 15) is 13.2 Å². The van der Waals surface area contributed by atoms with E-state index in [-0.39, 0.29) is 22.7 Å². The number of hydrogen-bond acceptors (Lipinski definition) is 6. The van der Waals surface area contributed by atoms with Crippen molar-refractivity contribution in [2.75, 3.05) is 13.2 Å². The summed E-state index contributed by atoms with van der Waals surface area (Å²) in [5.41, 5.74) is 1.86. The van der Waals surface area contributed by atoms with Crippen LogP contribution in [-0.2, 0) is 4.74 Å². The van der Waals surface area contributed by atoms with Crippen LogP contribution in [0.3, 0.4) is 0 Å². The normalized spacial score (nSPS) is 16.3. The van der Waals surface area contributed by atoms with Crippen molar-refractivity contribution in [2.24, 2.45) is 0 Å². The highest BCUT2D eigenvalue weighted by atomic mass is 19.2. The van der Waals surface area contributed by atoms with Gasteiger partial charge in [0, 0.05) is 43.2 Å². The number of rotatable bonds is 3. The number of fused-ring (bicyclic) bond motifs is 1. The molecule has 0 N–H and O–H groups in total. The molecule has 1 saturated carbocycles. The molecule has 1 aromatic carbocycles. The molecule has 0 spiro atoms. The SMILES string of the molecule is Cc1nc2nc(C3CCOCC3)nc(-c3cc(F)c(F)cc3F)c2nc1C.c1cnn(C2CC2)c1. The summed E-state index contributed by atoms with van der Waals surface area (Å²) >= 11 is 0. The summed E-state index contributed by atoms with van der Waals surface area (Å²) in [7, 11) is 0. The minimum atomic E-state index is -1.25. The molecule has 0 unspecified atom stereocenters. The molecule has 0 atom stereocenters. The first kappa shape index (κ1) is 23.3. The number of halogens is 3. The molecule has 0 bridgehead atoms. The lowest BCUT2D eigenvalue weighted by atomic mass is 9.99. The molecule has 3 aromatic heterocycles. The minimum Gasteiger partial charge on any atom is -0.381 e. The topological polar surface area (TPSA) is 78.6 Å². The maximum atomic E-state index is 14.5. The zero-order chi connectivity index (χ0) is 24.5. The Labute approximate surface area is 200 Å². The van der Waals surface area contributed by atoms with Gasteiger partial charge >= 0.3 is 0 Å². The van der Waals surface area contributed by atoms with Crippen LogP contribution < -0.4 is 0 Å². The lowest BCUT2D eigenvalue weighted by Gasteiger charge is -2.21. The second kappa shape index (κ2) is 9.69. The van der Waals surface area contributed by atoms with E-state index in [1.165, 1.54) is 12.8 Å². The van der Waals surface area contributed by atoms with Crippen LogP contribution in [0.2, 0.25) is 0 Å². The molecule has 1 saturated heterocycles. The van der Waals surface area contributed by atoms with Crippen molar-refractivity contribution >= 4 is 11.2 Å². The van der Waals surface area contributed by atoms with Crippen LogP contribution in [0.4, 0.5) is 13.2 Å². The highest BCUT2D eigenvalue weighted by molar-refractivity contribution is 5.87. The third kappa shape index (κ3) is 5.02. The Bertz CT molecular complexity index is 1350. The fourth-order valence-electron chi connectivity index (χ4n) is 4.00. The lowest BCUT2D eigenvalue weighted by molar-refractivity contribution is 0.0836. The summed E-state index contributed by atoms with van der Waals surface area (Å²) in [5, 5.41) is 4.09. The predicted molar refractivity (Wildman–Crippen MR) is 123 cm³/mol. The van der Waals surface area contributed by atoms with E-state index in [1.807, 2.05) is 23.1 Å². The lowest BCUT2D eigenvalue weighted by Crippen LogP contribution is -2.17. The van der Waals surface area contributed by atoms with E-state index < -0.39 is 17.5 Å². The summed E-state index contributed by atoms with van der Waals surface area (Å²) in [6.45, 7) is 4.73. The van der Waals surface area contributed by atoms with Gasteiger partial charge in [0.1, 0.15) is 22.9 Å². The van der Waals surface area contributed by atoms with E-state index in [2.05, 4.69) is 25.0 Å². The van der Waals surface area contributed by atoms with Gasteiger partial charge in [-0.1, -0.05) is 0 Å². The van der Waals surface area contributed by atoms with Crippen molar-refractivity contribution in [3.63, 3.8) is 0 Å². The van der Waals surface area contributed by atoms with Crippen molar-refractivity contribution in [1.29, 1.82) is 0 Å². The Morgan fingerprint density at radius 3 is 2.26 bits per heavy atom. The fraction of sp³-hybridized carbons (Fsp3) is 0.400. The zero-order valence-electron chi connectivity index (χ0n) is 19.5. The summed E-state index contributed by atoms with van der Waals surface area (Å²) in [6.07, 6.45) is 7.95. The molecular formula is C25H25F3N6O. The average molecular weight is 483 g/mol. The predicted octanol–water partition coefficient (Wildman–Crippen LogP) is 5.23. The minimum absolute atomic E-state index is 0.0265. The van der Waals surface area contributed by atoms with Gasteiger partial charge in [0.15, 0.2) is 17.3 Å². The van der Waals surface area contributed by atoms with Gasteiger partial charge in [-0.05, 0) is 51.7 Å². The van der Waals surface area contributed by atoms with E-state index in [1.54, 1.807) is 13.8 Å². The summed E-state index contributed by atoms with van der Waals surface area (Å²) < 4.78 is 49.1. The molecule has 0 amide bonds. The summed E-state index contributed by atoms with van der Waals surface area (Å²) in [4.78, 5) is 17.9. The zero-order valence-corrected chi connectivity index (χ0v) is 19.5. The third-order valence-corrected chi connectivity index (χ3v) is 6.26. The van der Waals surface area contributed by atoms with Gasteiger partial charge < -0.3 is 4.74 Å². The first-order valence-electron chi connectivity index (χ1n) is 11.7. The molecule has 0 radical (unpaired) electrons. The van der Waals surface area contributed by atoms with Gasteiger partial charge in [-0.25, -0.2) is 33.1 Å². The molecular weight excluding hydrogens is 457 g/mol. The molecule has 4 aromatic rings. The highest BCUT2D eigenvalue weighted by Gasteiger charge is 2.24. The van der Waals surface area contributed by atoms with Gasteiger partial charge in [-0.2, -0.15) is 5.10 Å². The Morgan fingerprint density at radius 1 is 0.857 bits per heavy atom. The van der Waals surface area contributed by atoms with Crippen LogP contribution in [0.25, 0.3) is 22.4 Å². The molecule has 2 aliphatic rings. The Kier molecular flexibility index (Phi) is 6.46. The largest absolute Gasteiger partial charge is 0.381 e. The smallest absolute Gasteiger partial charge is 0.182 e. The van der Waals surface area contributed by atoms with Crippen molar-refractivity contribution in [1.82, 2.24) is 29.7 Å². The molecule has 1 aliphatic carbocycles. The Balaban J connectivity index is 0.000000265. The first-order chi connectivity index (χ1) is 16.9. The Morgan fingerprint density at radius 2 is 1.57 bits per heavy atom. The number of benzene rings is 1. The first-order valence-corrected chi connectivity index (χ1v) is 11.7. The standard InChI is InChI=1S/C19H17F3N4O.C6H8N2/c1-9-10(2)24-19-17(23-9)16(12-7-14(21)15(22)8-13(12)20)25-18(26-19)11-3-5-27-6-4-11;1-4-7-8(5-1)6-2-3-6/h7-8,11H,3-6H2,1-2H3;1,4-6H,2-3H2. The van der Waals surface area contributed by atoms with Crippen LogP contribution in [-0.4, -0.2) is 42.9 Å². The molecule has 1 aliphatic heterocycles. The van der Waals surface area contributed by atoms with Gasteiger partial charge in [-0.3, -0.25) is 4.68 Å². The van der Waals surface area contributed by atoms with Crippen molar-refractivity contribution in [3.8, 4) is 11.3 Å². The number of hydrogen-bond donors (Lipinski definition) is 0. The van der Waals surface area contributed by atoms with E-state index >= 15 is 0 Å². The van der Waals surface area contributed by atoms with Crippen LogP contribution in [0.5, 0.6) is 0 Å². The van der Waals surface area contributed by atoms with Crippen LogP contribution in [0.15, 0.2) is 30.6 Å². The summed E-state index contributed by atoms with van der Waals surface area (Å²) in [6, 6.07) is 4.03. The monoisotopic (exact) mass is 482 g/mol. The molecule has 182 valence electrons. The average Bonchev–Trinajstić information content (AvgIpc) is 3.56. The quantitative estimate of drug-likeness (QED) is 0.372. The van der Waals surface area contributed by atoms with Crippen molar-refractivity contribution in [3.05, 3.63) is 65.3 Å². The van der Waals surface area contributed by atoms with Gasteiger partial charge in [0.25, 0.3) is 0 Å². The maximum absolute atomic E-state index is 14.5. The maximum Gasteiger partial charge on any atom is 0.182 e. The Hall–Kier alpha value is -3.40. The number of nitrogens with zero attached hydrogens (tertiary/aromatic N) is 6. The van der Waals surface area contributed by atoms with Crippen molar-refractivity contribution < 1.29 is 17.9 Å². The second-order valence-corrected chi connectivity index (χ2v) is 8.85. The highest BCUT2D eigenvalue weighted by Crippen LogP contribution is 2.34. The summed E-state index contributed by atoms with van der Waals surface area (Å²) in [5.74, 6) is -2.80. The van der Waals surface area contributed by atoms with Crippen LogP contribution in [0.1, 0.15) is 54.9 Å². The van der Waals surface area contributed by atoms with E-state index in [4.69, 9.17) is 4.74 Å². The third-order valence-electron chi connectivity index (χ3n) is 6.26. The van der Waals surface area contributed by atoms with Crippen LogP contribution >= 0.6 is 0 Å². The molecule has 35 heavy (non-hydrogen) atoms. The van der Waals surface area contributed by atoms with Crippen molar-refractivity contribution in [2.45, 2.75) is 51.5 Å². The molecule has 4 heterocycles. The van der Waals surface area contributed by atoms with Gasteiger partial charge in [-0.15, -0.1) is 0 Å². The second-order valence-electron chi connectivity index (χ2n) is 8.85. The molecule has 7 nitrogen and oxygen atoms in total. The molecule has 6 rings (SSSR count). The van der Waals surface area contributed by atoms with E-state index in [0.29, 0.717) is 42.1 Å².